The maximum absolute atomic E-state index is 11.8. The average molecular weight is 276 g/mol. The Kier molecular flexibility index (Phi) is 4.30. The molecular weight excluding hydrogens is 264 g/mol. The molecule has 0 unspecified atom stereocenters. The lowest BCUT2D eigenvalue weighted by atomic mass is 10.2. The largest absolute Gasteiger partial charge is 0.496 e. The van der Waals surface area contributed by atoms with E-state index < -0.39 is 11.9 Å². The summed E-state index contributed by atoms with van der Waals surface area (Å²) in [5.41, 5.74) is 1.08. The molecule has 0 N–H and O–H groups in total. The lowest BCUT2D eigenvalue weighted by molar-refractivity contribution is -0.137. The Bertz CT molecular complexity index is 575. The van der Waals surface area contributed by atoms with Crippen LogP contribution >= 0.6 is 11.3 Å². The van der Waals surface area contributed by atoms with Gasteiger partial charge >= 0.3 is 11.9 Å². The van der Waals surface area contributed by atoms with E-state index in [1.165, 1.54) is 18.4 Å². The molecule has 1 heterocycles. The highest BCUT2D eigenvalue weighted by molar-refractivity contribution is 7.07. The van der Waals surface area contributed by atoms with Gasteiger partial charge in [-0.2, -0.15) is 11.3 Å². The SMILES string of the molecule is COc1ccccc1C(=O)OC(=O)Cc1ccsc1. The zero-order valence-corrected chi connectivity index (χ0v) is 11.1. The molecular formula is C14H12O4S. The monoisotopic (exact) mass is 276 g/mol. The molecule has 0 saturated carbocycles. The molecule has 0 aliphatic carbocycles. The minimum atomic E-state index is -0.697. The Labute approximate surface area is 114 Å². The van der Waals surface area contributed by atoms with Gasteiger partial charge in [0.05, 0.1) is 13.5 Å². The number of esters is 2. The summed E-state index contributed by atoms with van der Waals surface area (Å²) in [7, 11) is 1.46. The lowest BCUT2D eigenvalue weighted by Gasteiger charge is -2.06. The molecule has 2 rings (SSSR count). The number of methoxy groups -OCH3 is 1. The van der Waals surface area contributed by atoms with Crippen LogP contribution in [-0.2, 0) is 16.0 Å². The van der Waals surface area contributed by atoms with Crippen molar-refractivity contribution in [1.29, 1.82) is 0 Å². The van der Waals surface area contributed by atoms with Crippen molar-refractivity contribution in [2.45, 2.75) is 6.42 Å². The van der Waals surface area contributed by atoms with Gasteiger partial charge in [-0.05, 0) is 34.5 Å². The van der Waals surface area contributed by atoms with Crippen LogP contribution in [0.15, 0.2) is 41.1 Å². The fourth-order valence-corrected chi connectivity index (χ4v) is 2.24. The van der Waals surface area contributed by atoms with Crippen LogP contribution in [0.5, 0.6) is 5.75 Å². The second-order valence-electron chi connectivity index (χ2n) is 3.77. The second kappa shape index (κ2) is 6.15. The molecule has 98 valence electrons. The molecule has 0 aliphatic heterocycles. The fraction of sp³-hybridized carbons (Fsp3) is 0.143. The molecule has 0 atom stereocenters. The van der Waals surface area contributed by atoms with Gasteiger partial charge < -0.3 is 9.47 Å². The van der Waals surface area contributed by atoms with Crippen molar-refractivity contribution in [1.82, 2.24) is 0 Å². The van der Waals surface area contributed by atoms with E-state index in [-0.39, 0.29) is 12.0 Å². The van der Waals surface area contributed by atoms with Gasteiger partial charge in [-0.15, -0.1) is 0 Å². The van der Waals surface area contributed by atoms with Crippen LogP contribution in [0.2, 0.25) is 0 Å². The highest BCUT2D eigenvalue weighted by Crippen LogP contribution is 2.18. The standard InChI is InChI=1S/C14H12O4S/c1-17-12-5-3-2-4-11(12)14(16)18-13(15)8-10-6-7-19-9-10/h2-7,9H,8H2,1H3. The highest BCUT2D eigenvalue weighted by atomic mass is 32.1. The first-order valence-electron chi connectivity index (χ1n) is 5.60. The Hall–Kier alpha value is -2.14. The number of hydrogen-bond donors (Lipinski definition) is 0. The summed E-state index contributed by atoms with van der Waals surface area (Å²) < 4.78 is 9.84. The molecule has 4 nitrogen and oxygen atoms in total. The molecule has 1 aromatic heterocycles. The first kappa shape index (κ1) is 13.3. The number of ether oxygens (including phenoxy) is 2. The maximum atomic E-state index is 11.8. The van der Waals surface area contributed by atoms with Crippen molar-refractivity contribution < 1.29 is 19.1 Å². The summed E-state index contributed by atoms with van der Waals surface area (Å²) in [5, 5.41) is 3.71. The van der Waals surface area contributed by atoms with Crippen molar-refractivity contribution in [2.75, 3.05) is 7.11 Å². The molecule has 0 aliphatic rings. The quantitative estimate of drug-likeness (QED) is 0.636. The predicted molar refractivity (Wildman–Crippen MR) is 71.4 cm³/mol. The summed E-state index contributed by atoms with van der Waals surface area (Å²) in [5.74, 6) is -0.886. The molecule has 0 amide bonds. The number of para-hydroxylation sites is 1. The van der Waals surface area contributed by atoms with E-state index in [4.69, 9.17) is 9.47 Å². The Morgan fingerprint density at radius 1 is 1.21 bits per heavy atom. The van der Waals surface area contributed by atoms with Crippen LogP contribution in [0.4, 0.5) is 0 Å². The minimum Gasteiger partial charge on any atom is -0.496 e. The molecule has 0 fully saturated rings. The third-order valence-electron chi connectivity index (χ3n) is 2.46. The number of hydrogen-bond acceptors (Lipinski definition) is 5. The smallest absolute Gasteiger partial charge is 0.349 e. The van der Waals surface area contributed by atoms with Gasteiger partial charge in [0.1, 0.15) is 11.3 Å². The van der Waals surface area contributed by atoms with Crippen molar-refractivity contribution in [3.05, 3.63) is 52.2 Å². The summed E-state index contributed by atoms with van der Waals surface area (Å²) in [6.45, 7) is 0. The summed E-state index contributed by atoms with van der Waals surface area (Å²) in [6.07, 6.45) is 0.0877. The summed E-state index contributed by atoms with van der Waals surface area (Å²) >= 11 is 1.49. The van der Waals surface area contributed by atoms with E-state index in [1.807, 2.05) is 16.8 Å². The first-order valence-corrected chi connectivity index (χ1v) is 6.54. The van der Waals surface area contributed by atoms with E-state index in [1.54, 1.807) is 24.3 Å². The molecule has 0 radical (unpaired) electrons. The van der Waals surface area contributed by atoms with Gasteiger partial charge in [-0.1, -0.05) is 12.1 Å². The predicted octanol–water partition coefficient (Wildman–Crippen LogP) is 2.68. The van der Waals surface area contributed by atoms with Gasteiger partial charge in [0.15, 0.2) is 0 Å². The Morgan fingerprint density at radius 2 is 2.00 bits per heavy atom. The van der Waals surface area contributed by atoms with Crippen LogP contribution in [0.3, 0.4) is 0 Å². The van der Waals surface area contributed by atoms with Crippen molar-refractivity contribution >= 4 is 23.3 Å². The van der Waals surface area contributed by atoms with E-state index >= 15 is 0 Å². The molecule has 5 heteroatoms. The highest BCUT2D eigenvalue weighted by Gasteiger charge is 2.17. The topological polar surface area (TPSA) is 52.6 Å². The van der Waals surface area contributed by atoms with E-state index in [9.17, 15) is 9.59 Å². The minimum absolute atomic E-state index is 0.0877. The molecule has 0 bridgehead atoms. The van der Waals surface area contributed by atoms with Crippen LogP contribution in [0.25, 0.3) is 0 Å². The molecule has 0 spiro atoms. The van der Waals surface area contributed by atoms with Gasteiger partial charge in [0.2, 0.25) is 0 Å². The first-order chi connectivity index (χ1) is 9.20. The zero-order chi connectivity index (χ0) is 13.7. The van der Waals surface area contributed by atoms with Gasteiger partial charge in [0.25, 0.3) is 0 Å². The lowest BCUT2D eigenvalue weighted by Crippen LogP contribution is -2.15. The fourth-order valence-electron chi connectivity index (χ4n) is 1.57. The van der Waals surface area contributed by atoms with Crippen molar-refractivity contribution in [2.24, 2.45) is 0 Å². The maximum Gasteiger partial charge on any atom is 0.349 e. The number of rotatable bonds is 4. The Balaban J connectivity index is 2.02. The molecule has 0 saturated heterocycles. The van der Waals surface area contributed by atoms with Crippen LogP contribution in [0, 0.1) is 0 Å². The number of carbonyl (C=O) groups is 2. The van der Waals surface area contributed by atoms with Gasteiger partial charge in [-0.25, -0.2) is 4.79 Å². The number of benzene rings is 1. The van der Waals surface area contributed by atoms with Crippen molar-refractivity contribution in [3.63, 3.8) is 0 Å². The van der Waals surface area contributed by atoms with Crippen LogP contribution < -0.4 is 4.74 Å². The molecule has 1 aromatic carbocycles. The molecule has 2 aromatic rings. The van der Waals surface area contributed by atoms with Crippen molar-refractivity contribution in [3.8, 4) is 5.75 Å². The third kappa shape index (κ3) is 3.42. The number of carbonyl (C=O) groups excluding carboxylic acids is 2. The van der Waals surface area contributed by atoms with Gasteiger partial charge in [-0.3, -0.25) is 4.79 Å². The molecule has 19 heavy (non-hydrogen) atoms. The third-order valence-corrected chi connectivity index (χ3v) is 3.19. The number of thiophene rings is 1. The van der Waals surface area contributed by atoms with E-state index in [2.05, 4.69) is 0 Å². The summed E-state index contributed by atoms with van der Waals surface area (Å²) in [6, 6.07) is 8.43. The van der Waals surface area contributed by atoms with E-state index in [0.29, 0.717) is 5.75 Å². The Morgan fingerprint density at radius 3 is 2.68 bits per heavy atom. The second-order valence-corrected chi connectivity index (χ2v) is 4.55. The normalized spacial score (nSPS) is 9.95. The van der Waals surface area contributed by atoms with Crippen LogP contribution in [0.1, 0.15) is 15.9 Å². The summed E-state index contributed by atoms with van der Waals surface area (Å²) in [4.78, 5) is 23.5. The van der Waals surface area contributed by atoms with Crippen LogP contribution in [-0.4, -0.2) is 19.0 Å². The average Bonchev–Trinajstić information content (AvgIpc) is 2.91. The van der Waals surface area contributed by atoms with E-state index in [0.717, 1.165) is 5.56 Å². The zero-order valence-electron chi connectivity index (χ0n) is 10.3. The van der Waals surface area contributed by atoms with Gasteiger partial charge in [0, 0.05) is 0 Å².